The zero-order chi connectivity index (χ0) is 28.4. The Kier molecular flexibility index (Phi) is 8.10. The van der Waals surface area contributed by atoms with Gasteiger partial charge in [0.25, 0.3) is 6.43 Å². The zero-order valence-corrected chi connectivity index (χ0v) is 20.9. The summed E-state index contributed by atoms with van der Waals surface area (Å²) in [5.74, 6) is -5.34. The first-order chi connectivity index (χ1) is 18.5. The summed E-state index contributed by atoms with van der Waals surface area (Å²) >= 11 is 0.982. The number of nitrogens with one attached hydrogen (secondary N) is 1. The van der Waals surface area contributed by atoms with E-state index in [1.54, 1.807) is 6.07 Å². The van der Waals surface area contributed by atoms with Crippen LogP contribution in [0.5, 0.6) is 5.75 Å². The Balaban J connectivity index is 1.50. The monoisotopic (exact) mass is 565 g/mol. The van der Waals surface area contributed by atoms with Crippen molar-refractivity contribution in [3.05, 3.63) is 40.4 Å². The number of nitrogens with zero attached hydrogens (tertiary/aromatic N) is 3. The fourth-order valence-electron chi connectivity index (χ4n) is 4.37. The van der Waals surface area contributed by atoms with Gasteiger partial charge in [-0.25, -0.2) is 23.4 Å². The number of thiazole rings is 1. The van der Waals surface area contributed by atoms with E-state index < -0.39 is 61.5 Å². The molecule has 1 unspecified atom stereocenters. The molecule has 5 N–H and O–H groups in total. The summed E-state index contributed by atoms with van der Waals surface area (Å²) < 4.78 is 30.8. The van der Waals surface area contributed by atoms with Crippen LogP contribution in [0, 0.1) is 0 Å². The summed E-state index contributed by atoms with van der Waals surface area (Å²) in [6.45, 7) is -1.64. The number of hydrogen-bond donors (Lipinski definition) is 4. The number of hydrogen-bond acceptors (Lipinski definition) is 10. The number of piperazine rings is 1. The molecule has 17 heteroatoms. The van der Waals surface area contributed by atoms with Crippen LogP contribution in [0.4, 0.5) is 18.7 Å². The topological polar surface area (TPSA) is 192 Å². The molecular weight excluding hydrogens is 543 g/mol. The number of ketones is 1. The molecule has 4 amide bonds. The van der Waals surface area contributed by atoms with Gasteiger partial charge >= 0.3 is 30.9 Å². The van der Waals surface area contributed by atoms with Gasteiger partial charge in [-0.1, -0.05) is 12.1 Å². The Labute approximate surface area is 223 Å². The van der Waals surface area contributed by atoms with Crippen LogP contribution in [0.15, 0.2) is 23.6 Å². The predicted octanol–water partition coefficient (Wildman–Crippen LogP) is 0.555. The normalized spacial score (nSPS) is 18.1. The van der Waals surface area contributed by atoms with Gasteiger partial charge in [-0.2, -0.15) is 0 Å². The number of alkyl halides is 2. The number of aromatic nitrogens is 1. The lowest BCUT2D eigenvalue weighted by molar-refractivity contribution is -0.155. The van der Waals surface area contributed by atoms with Gasteiger partial charge in [-0.15, -0.1) is 11.3 Å². The number of carbonyl (C=O) groups is 5. The van der Waals surface area contributed by atoms with Crippen molar-refractivity contribution in [2.45, 2.75) is 31.1 Å². The molecule has 4 rings (SSSR count). The number of carboxylic acid groups (broad SMARTS) is 1. The number of anilines is 1. The average Bonchev–Trinajstić information content (AvgIpc) is 3.30. The van der Waals surface area contributed by atoms with Crippen LogP contribution in [-0.2, 0) is 20.8 Å². The summed E-state index contributed by atoms with van der Waals surface area (Å²) in [6, 6.07) is 1.86. The Morgan fingerprint density at radius 2 is 2.00 bits per heavy atom. The summed E-state index contributed by atoms with van der Waals surface area (Å²) in [6.07, 6.45) is -3.13. The number of Topliss-reactive ketones (excluding diaryl/α,β-unsaturated/α-hetero) is 1. The third kappa shape index (κ3) is 5.98. The number of amides is 4. The van der Waals surface area contributed by atoms with Crippen molar-refractivity contribution in [2.75, 3.05) is 25.4 Å². The number of halogens is 2. The maximum absolute atomic E-state index is 13.4. The first kappa shape index (κ1) is 27.9. The number of imide groups is 1. The highest BCUT2D eigenvalue weighted by Gasteiger charge is 2.41. The Hall–Kier alpha value is -4.12. The van der Waals surface area contributed by atoms with Gasteiger partial charge in [0.2, 0.25) is 0 Å². The SMILES string of the molecule is Nc1nc(C(NC(=O)N2CCN(CC(F)F)C(=O)C2=O)C(=O)C[C@H]2Cc3cccc(C(=O)O)c3OB2O)cs1. The molecule has 0 saturated carbocycles. The van der Waals surface area contributed by atoms with E-state index in [2.05, 4.69) is 10.3 Å². The molecule has 1 saturated heterocycles. The van der Waals surface area contributed by atoms with Crippen molar-refractivity contribution in [3.63, 3.8) is 0 Å². The molecule has 2 atom stereocenters. The minimum Gasteiger partial charge on any atom is -0.535 e. The Morgan fingerprint density at radius 3 is 2.64 bits per heavy atom. The van der Waals surface area contributed by atoms with E-state index in [-0.39, 0.29) is 48.1 Å². The number of fused-ring (bicyclic) bond motifs is 1. The second-order valence-electron chi connectivity index (χ2n) is 8.83. The van der Waals surface area contributed by atoms with Crippen molar-refractivity contribution in [3.8, 4) is 5.75 Å². The van der Waals surface area contributed by atoms with Crippen molar-refractivity contribution < 1.29 is 47.5 Å². The number of carboxylic acids is 1. The third-order valence-corrected chi connectivity index (χ3v) is 6.94. The molecule has 2 aromatic rings. The molecule has 1 fully saturated rings. The average molecular weight is 565 g/mol. The molecule has 39 heavy (non-hydrogen) atoms. The van der Waals surface area contributed by atoms with E-state index in [1.165, 1.54) is 17.5 Å². The first-order valence-corrected chi connectivity index (χ1v) is 12.5. The van der Waals surface area contributed by atoms with E-state index in [4.69, 9.17) is 10.4 Å². The third-order valence-electron chi connectivity index (χ3n) is 6.25. The largest absolute Gasteiger partial charge is 0.535 e. The zero-order valence-electron chi connectivity index (χ0n) is 20.1. The van der Waals surface area contributed by atoms with Gasteiger partial charge in [-0.05, 0) is 18.1 Å². The van der Waals surface area contributed by atoms with E-state index in [1.807, 2.05) is 0 Å². The van der Waals surface area contributed by atoms with Crippen molar-refractivity contribution in [1.29, 1.82) is 0 Å². The summed E-state index contributed by atoms with van der Waals surface area (Å²) in [4.78, 5) is 67.6. The minimum absolute atomic E-state index is 0.00695. The van der Waals surface area contributed by atoms with Crippen LogP contribution >= 0.6 is 11.3 Å². The number of aromatic carboxylic acids is 1. The van der Waals surface area contributed by atoms with Gasteiger partial charge in [0.15, 0.2) is 10.9 Å². The molecule has 1 aromatic carbocycles. The number of para-hydroxylation sites is 1. The fourth-order valence-corrected chi connectivity index (χ4v) is 4.95. The molecule has 1 aromatic heterocycles. The minimum atomic E-state index is -2.86. The van der Waals surface area contributed by atoms with Crippen molar-refractivity contribution >= 4 is 53.2 Å². The number of rotatable bonds is 8. The maximum Gasteiger partial charge on any atom is 0.526 e. The summed E-state index contributed by atoms with van der Waals surface area (Å²) in [5, 5.41) is 23.7. The molecule has 3 heterocycles. The van der Waals surface area contributed by atoms with Crippen LogP contribution in [-0.4, -0.2) is 87.7 Å². The second-order valence-corrected chi connectivity index (χ2v) is 9.72. The van der Waals surface area contributed by atoms with E-state index in [9.17, 15) is 42.9 Å². The summed E-state index contributed by atoms with van der Waals surface area (Å²) in [5.41, 5.74) is 6.04. The molecule has 0 spiro atoms. The number of carbonyl (C=O) groups excluding carboxylic acids is 4. The van der Waals surface area contributed by atoms with E-state index in [0.29, 0.717) is 15.4 Å². The van der Waals surface area contributed by atoms with Crippen LogP contribution in [0.3, 0.4) is 0 Å². The van der Waals surface area contributed by atoms with Crippen LogP contribution in [0.25, 0.3) is 0 Å². The van der Waals surface area contributed by atoms with E-state index in [0.717, 1.165) is 11.3 Å². The van der Waals surface area contributed by atoms with Crippen LogP contribution in [0.2, 0.25) is 5.82 Å². The first-order valence-electron chi connectivity index (χ1n) is 11.6. The molecule has 0 radical (unpaired) electrons. The quantitative estimate of drug-likeness (QED) is 0.260. The number of nitrogen functional groups attached to an aromatic ring is 1. The van der Waals surface area contributed by atoms with Gasteiger partial charge in [-0.3, -0.25) is 19.3 Å². The fraction of sp³-hybridized carbons (Fsp3) is 0.364. The molecule has 0 bridgehead atoms. The Bertz CT molecular complexity index is 1330. The second kappa shape index (κ2) is 11.3. The molecule has 206 valence electrons. The smallest absolute Gasteiger partial charge is 0.526 e. The van der Waals surface area contributed by atoms with Gasteiger partial charge in [0, 0.05) is 30.7 Å². The number of benzene rings is 1. The number of urea groups is 1. The lowest BCUT2D eigenvalue weighted by Crippen LogP contribution is -2.59. The van der Waals surface area contributed by atoms with Crippen LogP contribution < -0.4 is 15.7 Å². The van der Waals surface area contributed by atoms with Gasteiger partial charge in [0.1, 0.15) is 11.8 Å². The van der Waals surface area contributed by atoms with Crippen molar-refractivity contribution in [1.82, 2.24) is 20.1 Å². The molecule has 2 aliphatic rings. The molecule has 2 aliphatic heterocycles. The Morgan fingerprint density at radius 1 is 1.26 bits per heavy atom. The number of nitrogens with two attached hydrogens (primary N) is 1. The van der Waals surface area contributed by atoms with Crippen LogP contribution in [0.1, 0.15) is 34.1 Å². The molecule has 0 aliphatic carbocycles. The molecule has 13 nitrogen and oxygen atoms in total. The highest BCUT2D eigenvalue weighted by Crippen LogP contribution is 2.37. The highest BCUT2D eigenvalue weighted by atomic mass is 32.1. The maximum atomic E-state index is 13.4. The predicted molar refractivity (Wildman–Crippen MR) is 131 cm³/mol. The van der Waals surface area contributed by atoms with Crippen molar-refractivity contribution in [2.24, 2.45) is 0 Å². The summed E-state index contributed by atoms with van der Waals surface area (Å²) in [7, 11) is -1.54. The standard InChI is InChI=1S/C22H22BF2N5O8S/c24-15(25)8-29-4-5-30(19(33)18(29)32)22(36)28-16(13-9-39-21(26)27-13)14(31)7-11-6-10-2-1-3-12(20(34)35)17(10)38-23(11)37/h1-3,9,11,15-16,37H,4-8H2,(H2,26,27)(H,28,36)(H,34,35)/t11-,16?/m1/s1. The van der Waals surface area contributed by atoms with Gasteiger partial charge < -0.3 is 30.7 Å². The lowest BCUT2D eigenvalue weighted by Gasteiger charge is -2.33. The lowest BCUT2D eigenvalue weighted by atomic mass is 9.64. The van der Waals surface area contributed by atoms with Gasteiger partial charge in [0.05, 0.1) is 17.8 Å². The highest BCUT2D eigenvalue weighted by molar-refractivity contribution is 7.13. The molecular formula is C22H22BF2N5O8S. The van der Waals surface area contributed by atoms with E-state index >= 15 is 0 Å².